The highest BCUT2D eigenvalue weighted by atomic mass is 16.5. The van der Waals surface area contributed by atoms with Gasteiger partial charge in [0.15, 0.2) is 0 Å². The summed E-state index contributed by atoms with van der Waals surface area (Å²) in [6.45, 7) is 4.41. The molecule has 2 amide bonds. The molecule has 0 atom stereocenters. The van der Waals surface area contributed by atoms with Crippen LogP contribution < -0.4 is 10.2 Å². The number of carbonyl (C=O) groups is 2. The van der Waals surface area contributed by atoms with E-state index in [4.69, 9.17) is 4.74 Å². The topological polar surface area (TPSA) is 74.8 Å². The third-order valence-electron chi connectivity index (χ3n) is 5.63. The molecule has 1 aromatic carbocycles. The van der Waals surface area contributed by atoms with Crippen LogP contribution in [0.25, 0.3) is 0 Å². The molecular formula is C23H28N4O3. The van der Waals surface area contributed by atoms with Crippen LogP contribution in [0.5, 0.6) is 0 Å². The first-order valence-electron chi connectivity index (χ1n) is 10.7. The number of anilines is 2. The summed E-state index contributed by atoms with van der Waals surface area (Å²) >= 11 is 0. The van der Waals surface area contributed by atoms with Crippen molar-refractivity contribution in [3.8, 4) is 0 Å². The molecular weight excluding hydrogens is 380 g/mol. The fourth-order valence-corrected chi connectivity index (χ4v) is 3.86. The molecule has 7 heteroatoms. The molecule has 2 aliphatic heterocycles. The average Bonchev–Trinajstić information content (AvgIpc) is 3.09. The smallest absolute Gasteiger partial charge is 0.257 e. The standard InChI is InChI=1S/C23H28N4O3/c28-22(19-7-10-21(24-17-19)26-11-3-1-2-4-12-26)25-20-8-5-18(6-9-20)23(29)27-13-15-30-16-14-27/h5-10,17H,1-4,11-16H2,(H,25,28). The first kappa shape index (κ1) is 20.3. The van der Waals surface area contributed by atoms with Gasteiger partial charge in [-0.25, -0.2) is 4.98 Å². The monoisotopic (exact) mass is 408 g/mol. The summed E-state index contributed by atoms with van der Waals surface area (Å²) in [7, 11) is 0. The van der Waals surface area contributed by atoms with E-state index in [9.17, 15) is 9.59 Å². The number of nitrogens with zero attached hydrogens (tertiary/aromatic N) is 3. The number of pyridine rings is 1. The minimum atomic E-state index is -0.211. The zero-order chi connectivity index (χ0) is 20.8. The van der Waals surface area contributed by atoms with Gasteiger partial charge < -0.3 is 19.9 Å². The summed E-state index contributed by atoms with van der Waals surface area (Å²) < 4.78 is 5.29. The number of ether oxygens (including phenoxy) is 1. The van der Waals surface area contributed by atoms with Crippen molar-refractivity contribution in [2.75, 3.05) is 49.6 Å². The van der Waals surface area contributed by atoms with Crippen LogP contribution in [0.15, 0.2) is 42.6 Å². The Morgan fingerprint density at radius 3 is 2.13 bits per heavy atom. The Labute approximate surface area is 177 Å². The molecule has 2 fully saturated rings. The zero-order valence-corrected chi connectivity index (χ0v) is 17.2. The number of rotatable bonds is 4. The van der Waals surface area contributed by atoms with E-state index in [-0.39, 0.29) is 11.8 Å². The van der Waals surface area contributed by atoms with Crippen molar-refractivity contribution in [1.82, 2.24) is 9.88 Å². The van der Waals surface area contributed by atoms with Crippen LogP contribution in [-0.2, 0) is 4.74 Å². The van der Waals surface area contributed by atoms with Gasteiger partial charge in [0.05, 0.1) is 18.8 Å². The lowest BCUT2D eigenvalue weighted by atomic mass is 10.1. The largest absolute Gasteiger partial charge is 0.378 e. The van der Waals surface area contributed by atoms with Crippen LogP contribution in [-0.4, -0.2) is 61.1 Å². The van der Waals surface area contributed by atoms with E-state index in [2.05, 4.69) is 15.2 Å². The number of nitrogens with one attached hydrogen (secondary N) is 1. The summed E-state index contributed by atoms with van der Waals surface area (Å²) in [6.07, 6.45) is 6.55. The predicted molar refractivity (Wildman–Crippen MR) is 116 cm³/mol. The molecule has 3 heterocycles. The lowest BCUT2D eigenvalue weighted by Gasteiger charge is -2.26. The van der Waals surface area contributed by atoms with Crippen LogP contribution >= 0.6 is 0 Å². The molecule has 0 aliphatic carbocycles. The fourth-order valence-electron chi connectivity index (χ4n) is 3.86. The average molecular weight is 409 g/mol. The number of hydrogen-bond donors (Lipinski definition) is 1. The SMILES string of the molecule is O=C(Nc1ccc(C(=O)N2CCOCC2)cc1)c1ccc(N2CCCCCC2)nc1. The molecule has 7 nitrogen and oxygen atoms in total. The van der Waals surface area contributed by atoms with Gasteiger partial charge in [-0.05, 0) is 49.2 Å². The Balaban J connectivity index is 1.35. The highest BCUT2D eigenvalue weighted by Gasteiger charge is 2.18. The molecule has 2 aliphatic rings. The Hall–Kier alpha value is -2.93. The third-order valence-corrected chi connectivity index (χ3v) is 5.63. The molecule has 0 unspecified atom stereocenters. The summed E-state index contributed by atoms with van der Waals surface area (Å²) in [5.41, 5.74) is 1.77. The maximum absolute atomic E-state index is 12.6. The summed E-state index contributed by atoms with van der Waals surface area (Å²) in [6, 6.07) is 10.7. The number of morpholine rings is 1. The summed E-state index contributed by atoms with van der Waals surface area (Å²) in [5, 5.41) is 2.88. The van der Waals surface area contributed by atoms with E-state index in [0.29, 0.717) is 43.1 Å². The molecule has 0 spiro atoms. The molecule has 30 heavy (non-hydrogen) atoms. The highest BCUT2D eigenvalue weighted by Crippen LogP contribution is 2.18. The first-order valence-corrected chi connectivity index (χ1v) is 10.7. The predicted octanol–water partition coefficient (Wildman–Crippen LogP) is 3.19. The second-order valence-corrected chi connectivity index (χ2v) is 7.74. The molecule has 1 N–H and O–H groups in total. The van der Waals surface area contributed by atoms with Crippen molar-refractivity contribution in [2.45, 2.75) is 25.7 Å². The van der Waals surface area contributed by atoms with Gasteiger partial charge in [-0.15, -0.1) is 0 Å². The van der Waals surface area contributed by atoms with Crippen molar-refractivity contribution in [3.05, 3.63) is 53.7 Å². The van der Waals surface area contributed by atoms with Crippen LogP contribution in [0.1, 0.15) is 46.4 Å². The Kier molecular flexibility index (Phi) is 6.59. The molecule has 158 valence electrons. The number of hydrogen-bond acceptors (Lipinski definition) is 5. The van der Waals surface area contributed by atoms with Gasteiger partial charge in [0.2, 0.25) is 0 Å². The van der Waals surface area contributed by atoms with Gasteiger partial charge >= 0.3 is 0 Å². The van der Waals surface area contributed by atoms with Gasteiger partial charge in [-0.2, -0.15) is 0 Å². The maximum Gasteiger partial charge on any atom is 0.257 e. The van der Waals surface area contributed by atoms with E-state index in [1.807, 2.05) is 12.1 Å². The van der Waals surface area contributed by atoms with Crippen LogP contribution in [0.4, 0.5) is 11.5 Å². The minimum Gasteiger partial charge on any atom is -0.378 e. The molecule has 4 rings (SSSR count). The quantitative estimate of drug-likeness (QED) is 0.841. The fraction of sp³-hybridized carbons (Fsp3) is 0.435. The lowest BCUT2D eigenvalue weighted by Crippen LogP contribution is -2.40. The van der Waals surface area contributed by atoms with Crippen molar-refractivity contribution in [3.63, 3.8) is 0 Å². The normalized spacial score (nSPS) is 17.3. The Morgan fingerprint density at radius 1 is 0.833 bits per heavy atom. The first-order chi connectivity index (χ1) is 14.7. The van der Waals surface area contributed by atoms with Crippen molar-refractivity contribution in [1.29, 1.82) is 0 Å². The number of benzene rings is 1. The van der Waals surface area contributed by atoms with Crippen molar-refractivity contribution < 1.29 is 14.3 Å². The second kappa shape index (κ2) is 9.71. The zero-order valence-electron chi connectivity index (χ0n) is 17.2. The molecule has 1 aromatic heterocycles. The van der Waals surface area contributed by atoms with E-state index in [0.717, 1.165) is 18.9 Å². The van der Waals surface area contributed by atoms with Gasteiger partial charge in [0, 0.05) is 43.6 Å². The van der Waals surface area contributed by atoms with Gasteiger partial charge in [-0.1, -0.05) is 12.8 Å². The van der Waals surface area contributed by atoms with Crippen LogP contribution in [0, 0.1) is 0 Å². The minimum absolute atomic E-state index is 0.00974. The summed E-state index contributed by atoms with van der Waals surface area (Å²) in [4.78, 5) is 33.7. The van der Waals surface area contributed by atoms with Crippen molar-refractivity contribution in [2.24, 2.45) is 0 Å². The van der Waals surface area contributed by atoms with Gasteiger partial charge in [0.1, 0.15) is 5.82 Å². The summed E-state index contributed by atoms with van der Waals surface area (Å²) in [5.74, 6) is 0.709. The van der Waals surface area contributed by atoms with Gasteiger partial charge in [0.25, 0.3) is 11.8 Å². The number of carbonyl (C=O) groups excluding carboxylic acids is 2. The highest BCUT2D eigenvalue weighted by molar-refractivity contribution is 6.04. The number of amides is 2. The van der Waals surface area contributed by atoms with Crippen molar-refractivity contribution >= 4 is 23.3 Å². The molecule has 0 saturated carbocycles. The molecule has 0 bridgehead atoms. The Bertz CT molecular complexity index is 853. The number of aromatic nitrogens is 1. The third kappa shape index (κ3) is 4.97. The molecule has 2 aromatic rings. The second-order valence-electron chi connectivity index (χ2n) is 7.74. The van der Waals surface area contributed by atoms with Crippen LogP contribution in [0.3, 0.4) is 0 Å². The van der Waals surface area contributed by atoms with E-state index >= 15 is 0 Å². The maximum atomic E-state index is 12.6. The Morgan fingerprint density at radius 2 is 1.50 bits per heavy atom. The van der Waals surface area contributed by atoms with Gasteiger partial charge in [-0.3, -0.25) is 9.59 Å². The van der Waals surface area contributed by atoms with E-state index < -0.39 is 0 Å². The molecule has 0 radical (unpaired) electrons. The van der Waals surface area contributed by atoms with E-state index in [1.165, 1.54) is 25.7 Å². The molecule has 2 saturated heterocycles. The van der Waals surface area contributed by atoms with E-state index in [1.54, 1.807) is 35.4 Å². The lowest BCUT2D eigenvalue weighted by molar-refractivity contribution is 0.0303. The van der Waals surface area contributed by atoms with Crippen LogP contribution in [0.2, 0.25) is 0 Å².